The second-order valence-corrected chi connectivity index (χ2v) is 7.21. The van der Waals surface area contributed by atoms with E-state index in [0.29, 0.717) is 12.1 Å². The lowest BCUT2D eigenvalue weighted by Crippen LogP contribution is -2.21. The summed E-state index contributed by atoms with van der Waals surface area (Å²) >= 11 is 1.57. The molecular weight excluding hydrogens is 346 g/mol. The number of benzene rings is 2. The number of rotatable bonds is 7. The minimum absolute atomic E-state index is 0.244. The zero-order valence-electron chi connectivity index (χ0n) is 14.4. The molecule has 5 heteroatoms. The van der Waals surface area contributed by atoms with Gasteiger partial charge in [0.25, 0.3) is 5.91 Å². The van der Waals surface area contributed by atoms with Crippen LogP contribution in [0.5, 0.6) is 0 Å². The minimum Gasteiger partial charge on any atom is -0.456 e. The number of allylic oxidation sites excluding steroid dienone is 2. The van der Waals surface area contributed by atoms with Crippen LogP contribution < -0.4 is 5.32 Å². The zero-order valence-corrected chi connectivity index (χ0v) is 15.2. The molecule has 1 amide bonds. The summed E-state index contributed by atoms with van der Waals surface area (Å²) < 4.78 is 5.10. The van der Waals surface area contributed by atoms with Crippen molar-refractivity contribution in [3.63, 3.8) is 0 Å². The standard InChI is InChI=1S/C21H21NO3S/c23-20(15-25-21(24)14-16-8-4-5-9-16)22-18-12-6-7-13-19(18)26-17-10-2-1-3-11-17/h1-4,6-8,10-13,16H,5,9,14-15H2,(H,22,23)/t16-/m1/s1. The third kappa shape index (κ3) is 5.49. The number of para-hydroxylation sites is 1. The van der Waals surface area contributed by atoms with E-state index in [0.717, 1.165) is 22.6 Å². The molecule has 0 saturated carbocycles. The summed E-state index contributed by atoms with van der Waals surface area (Å²) in [5, 5.41) is 2.83. The van der Waals surface area contributed by atoms with Crippen LogP contribution in [0.1, 0.15) is 19.3 Å². The molecule has 0 fully saturated rings. The molecule has 1 aliphatic carbocycles. The lowest BCUT2D eigenvalue weighted by atomic mass is 10.1. The first-order chi connectivity index (χ1) is 12.7. The van der Waals surface area contributed by atoms with Gasteiger partial charge in [-0.3, -0.25) is 9.59 Å². The van der Waals surface area contributed by atoms with E-state index in [4.69, 9.17) is 4.74 Å². The second kappa shape index (κ2) is 9.25. The SMILES string of the molecule is O=C(COC(=O)C[C@@H]1C=CCC1)Nc1ccccc1Sc1ccccc1. The molecule has 0 aliphatic heterocycles. The van der Waals surface area contributed by atoms with E-state index in [1.54, 1.807) is 11.8 Å². The van der Waals surface area contributed by atoms with Crippen LogP contribution in [0.3, 0.4) is 0 Å². The number of amides is 1. The summed E-state index contributed by atoms with van der Waals surface area (Å²) in [6, 6.07) is 17.5. The Bertz CT molecular complexity index is 789. The van der Waals surface area contributed by atoms with Crippen molar-refractivity contribution >= 4 is 29.3 Å². The third-order valence-corrected chi connectivity index (χ3v) is 5.12. The quantitative estimate of drug-likeness (QED) is 0.570. The number of ether oxygens (including phenoxy) is 1. The van der Waals surface area contributed by atoms with Crippen LogP contribution in [0.2, 0.25) is 0 Å². The van der Waals surface area contributed by atoms with Gasteiger partial charge in [-0.05, 0) is 43.0 Å². The normalized spacial score (nSPS) is 15.6. The average Bonchev–Trinajstić information content (AvgIpc) is 3.15. The van der Waals surface area contributed by atoms with E-state index in [2.05, 4.69) is 11.4 Å². The van der Waals surface area contributed by atoms with Crippen LogP contribution in [0.15, 0.2) is 76.5 Å². The molecule has 1 N–H and O–H groups in total. The van der Waals surface area contributed by atoms with Gasteiger partial charge in [-0.2, -0.15) is 0 Å². The number of carbonyl (C=O) groups excluding carboxylic acids is 2. The lowest BCUT2D eigenvalue weighted by Gasteiger charge is -2.11. The fraction of sp³-hybridized carbons (Fsp3) is 0.238. The maximum absolute atomic E-state index is 12.1. The third-order valence-electron chi connectivity index (χ3n) is 4.04. The summed E-state index contributed by atoms with van der Waals surface area (Å²) in [7, 11) is 0. The van der Waals surface area contributed by atoms with Gasteiger partial charge in [0.1, 0.15) is 0 Å². The largest absolute Gasteiger partial charge is 0.456 e. The van der Waals surface area contributed by atoms with Crippen LogP contribution in [0.4, 0.5) is 5.69 Å². The summed E-state index contributed by atoms with van der Waals surface area (Å²) in [5.41, 5.74) is 0.709. The second-order valence-electron chi connectivity index (χ2n) is 6.09. The Morgan fingerprint density at radius 3 is 2.62 bits per heavy atom. The minimum atomic E-state index is -0.332. The number of anilines is 1. The monoisotopic (exact) mass is 367 g/mol. The number of nitrogens with one attached hydrogen (secondary N) is 1. The number of hydrogen-bond donors (Lipinski definition) is 1. The van der Waals surface area contributed by atoms with Gasteiger partial charge < -0.3 is 10.1 Å². The smallest absolute Gasteiger partial charge is 0.306 e. The van der Waals surface area contributed by atoms with Gasteiger partial charge in [-0.1, -0.05) is 54.2 Å². The van der Waals surface area contributed by atoms with Crippen molar-refractivity contribution in [2.45, 2.75) is 29.1 Å². The highest BCUT2D eigenvalue weighted by Crippen LogP contribution is 2.33. The Morgan fingerprint density at radius 2 is 1.85 bits per heavy atom. The molecule has 3 rings (SSSR count). The Labute approximate surface area is 157 Å². The van der Waals surface area contributed by atoms with Crippen LogP contribution in [0, 0.1) is 5.92 Å². The van der Waals surface area contributed by atoms with Crippen molar-refractivity contribution in [3.8, 4) is 0 Å². The summed E-state index contributed by atoms with van der Waals surface area (Å²) in [4.78, 5) is 26.0. The van der Waals surface area contributed by atoms with Gasteiger partial charge in [-0.25, -0.2) is 0 Å². The van der Waals surface area contributed by atoms with Crippen molar-refractivity contribution in [2.75, 3.05) is 11.9 Å². The Hall–Kier alpha value is -2.53. The molecule has 2 aromatic carbocycles. The van der Waals surface area contributed by atoms with Crippen molar-refractivity contribution in [1.82, 2.24) is 0 Å². The van der Waals surface area contributed by atoms with E-state index in [9.17, 15) is 9.59 Å². The van der Waals surface area contributed by atoms with Gasteiger partial charge in [0.2, 0.25) is 0 Å². The van der Waals surface area contributed by atoms with Crippen molar-refractivity contribution in [3.05, 3.63) is 66.7 Å². The number of carbonyl (C=O) groups is 2. The highest BCUT2D eigenvalue weighted by molar-refractivity contribution is 7.99. The molecule has 4 nitrogen and oxygen atoms in total. The summed E-state index contributed by atoms with van der Waals surface area (Å²) in [6.07, 6.45) is 6.44. The number of esters is 1. The molecule has 26 heavy (non-hydrogen) atoms. The lowest BCUT2D eigenvalue weighted by molar-refractivity contribution is -0.147. The van der Waals surface area contributed by atoms with Crippen molar-refractivity contribution in [1.29, 1.82) is 0 Å². The van der Waals surface area contributed by atoms with E-state index in [-0.39, 0.29) is 24.4 Å². The first kappa shape index (κ1) is 18.3. The molecule has 0 unspecified atom stereocenters. The van der Waals surface area contributed by atoms with E-state index in [1.165, 1.54) is 0 Å². The molecule has 0 spiro atoms. The molecular formula is C21H21NO3S. The summed E-state index contributed by atoms with van der Waals surface area (Å²) in [6.45, 7) is -0.264. The van der Waals surface area contributed by atoms with E-state index in [1.807, 2.05) is 60.7 Å². The predicted molar refractivity (Wildman–Crippen MR) is 103 cm³/mol. The molecule has 0 aromatic heterocycles. The molecule has 1 aliphatic rings. The van der Waals surface area contributed by atoms with Gasteiger partial charge in [0, 0.05) is 9.79 Å². The maximum atomic E-state index is 12.1. The topological polar surface area (TPSA) is 55.4 Å². The number of hydrogen-bond acceptors (Lipinski definition) is 4. The first-order valence-electron chi connectivity index (χ1n) is 8.65. The van der Waals surface area contributed by atoms with Crippen LogP contribution >= 0.6 is 11.8 Å². The molecule has 0 radical (unpaired) electrons. The highest BCUT2D eigenvalue weighted by Gasteiger charge is 2.16. The molecule has 0 heterocycles. The molecule has 134 valence electrons. The molecule has 0 bridgehead atoms. The van der Waals surface area contributed by atoms with Crippen LogP contribution in [-0.2, 0) is 14.3 Å². The van der Waals surface area contributed by atoms with Crippen LogP contribution in [-0.4, -0.2) is 18.5 Å². The zero-order chi connectivity index (χ0) is 18.2. The Kier molecular flexibility index (Phi) is 6.50. The fourth-order valence-corrected chi connectivity index (χ4v) is 3.67. The highest BCUT2D eigenvalue weighted by atomic mass is 32.2. The Morgan fingerprint density at radius 1 is 1.08 bits per heavy atom. The predicted octanol–water partition coefficient (Wildman–Crippen LogP) is 4.68. The van der Waals surface area contributed by atoms with Gasteiger partial charge >= 0.3 is 5.97 Å². The van der Waals surface area contributed by atoms with E-state index < -0.39 is 0 Å². The first-order valence-corrected chi connectivity index (χ1v) is 9.46. The van der Waals surface area contributed by atoms with Crippen molar-refractivity contribution in [2.24, 2.45) is 5.92 Å². The van der Waals surface area contributed by atoms with Gasteiger partial charge in [0.05, 0.1) is 12.1 Å². The van der Waals surface area contributed by atoms with E-state index >= 15 is 0 Å². The van der Waals surface area contributed by atoms with Gasteiger partial charge in [-0.15, -0.1) is 0 Å². The molecule has 1 atom stereocenters. The summed E-state index contributed by atoms with van der Waals surface area (Å²) in [5.74, 6) is -0.418. The van der Waals surface area contributed by atoms with Gasteiger partial charge in [0.15, 0.2) is 6.61 Å². The molecule has 2 aromatic rings. The maximum Gasteiger partial charge on any atom is 0.306 e. The fourth-order valence-electron chi connectivity index (χ4n) is 2.75. The molecule has 0 saturated heterocycles. The van der Waals surface area contributed by atoms with Crippen molar-refractivity contribution < 1.29 is 14.3 Å². The van der Waals surface area contributed by atoms with Crippen LogP contribution in [0.25, 0.3) is 0 Å². The average molecular weight is 367 g/mol. The Balaban J connectivity index is 1.52.